The lowest BCUT2D eigenvalue weighted by molar-refractivity contribution is -0.120. The second-order valence-electron chi connectivity index (χ2n) is 5.47. The van der Waals surface area contributed by atoms with E-state index < -0.39 is 12.0 Å². The zero-order chi connectivity index (χ0) is 14.9. The fourth-order valence-corrected chi connectivity index (χ4v) is 2.52. The highest BCUT2D eigenvalue weighted by molar-refractivity contribution is 6.00. The van der Waals surface area contributed by atoms with Gasteiger partial charge in [0.15, 0.2) is 0 Å². The standard InChI is InChI=1S/C15H20N2O3/c1-9(2)13(16)14(18)17-8-4-6-10-11(15(19)20)5-3-7-12(10)17/h3,5,7,9,13H,4,6,8,16H2,1-2H3,(H,19,20)/t13-/m0/s1. The van der Waals surface area contributed by atoms with Gasteiger partial charge >= 0.3 is 5.97 Å². The number of carbonyl (C=O) groups excluding carboxylic acids is 1. The summed E-state index contributed by atoms with van der Waals surface area (Å²) in [5, 5.41) is 9.23. The third-order valence-corrected chi connectivity index (χ3v) is 3.75. The van der Waals surface area contributed by atoms with Gasteiger partial charge in [0.2, 0.25) is 5.91 Å². The lowest BCUT2D eigenvalue weighted by atomic mass is 9.94. The van der Waals surface area contributed by atoms with Crippen LogP contribution in [-0.2, 0) is 11.2 Å². The second kappa shape index (κ2) is 5.63. The molecule has 0 bridgehead atoms. The normalized spacial score (nSPS) is 15.9. The zero-order valence-electron chi connectivity index (χ0n) is 11.8. The zero-order valence-corrected chi connectivity index (χ0v) is 11.8. The number of hydrogen-bond donors (Lipinski definition) is 2. The quantitative estimate of drug-likeness (QED) is 0.879. The van der Waals surface area contributed by atoms with E-state index in [9.17, 15) is 14.7 Å². The highest BCUT2D eigenvalue weighted by atomic mass is 16.4. The van der Waals surface area contributed by atoms with Crippen LogP contribution >= 0.6 is 0 Å². The van der Waals surface area contributed by atoms with Crippen molar-refractivity contribution >= 4 is 17.6 Å². The number of carboxylic acid groups (broad SMARTS) is 1. The number of carbonyl (C=O) groups is 2. The highest BCUT2D eigenvalue weighted by Crippen LogP contribution is 2.30. The molecule has 3 N–H and O–H groups in total. The molecule has 0 fully saturated rings. The minimum Gasteiger partial charge on any atom is -0.478 e. The lowest BCUT2D eigenvalue weighted by Gasteiger charge is -2.33. The van der Waals surface area contributed by atoms with Gasteiger partial charge in [-0.3, -0.25) is 4.79 Å². The average Bonchev–Trinajstić information content (AvgIpc) is 2.44. The first-order valence-corrected chi connectivity index (χ1v) is 6.85. The van der Waals surface area contributed by atoms with Crippen molar-refractivity contribution in [1.82, 2.24) is 0 Å². The van der Waals surface area contributed by atoms with Crippen molar-refractivity contribution < 1.29 is 14.7 Å². The Morgan fingerprint density at radius 1 is 1.35 bits per heavy atom. The molecule has 0 unspecified atom stereocenters. The van der Waals surface area contributed by atoms with E-state index >= 15 is 0 Å². The molecule has 5 heteroatoms. The van der Waals surface area contributed by atoms with Crippen molar-refractivity contribution in [3.63, 3.8) is 0 Å². The van der Waals surface area contributed by atoms with Crippen LogP contribution in [0.5, 0.6) is 0 Å². The molecule has 1 amide bonds. The summed E-state index contributed by atoms with van der Waals surface area (Å²) in [6.45, 7) is 4.40. The SMILES string of the molecule is CC(C)[C@H](N)C(=O)N1CCCc2c(C(=O)O)cccc21. The molecule has 1 aromatic carbocycles. The van der Waals surface area contributed by atoms with E-state index in [0.717, 1.165) is 12.0 Å². The van der Waals surface area contributed by atoms with Gasteiger partial charge in [-0.1, -0.05) is 19.9 Å². The first-order valence-electron chi connectivity index (χ1n) is 6.85. The fraction of sp³-hybridized carbons (Fsp3) is 0.467. The summed E-state index contributed by atoms with van der Waals surface area (Å²) < 4.78 is 0. The number of fused-ring (bicyclic) bond motifs is 1. The van der Waals surface area contributed by atoms with Crippen LogP contribution in [0.15, 0.2) is 18.2 Å². The molecule has 108 valence electrons. The second-order valence-corrected chi connectivity index (χ2v) is 5.47. The number of rotatable bonds is 3. The van der Waals surface area contributed by atoms with Crippen molar-refractivity contribution in [2.45, 2.75) is 32.7 Å². The molecule has 0 saturated carbocycles. The van der Waals surface area contributed by atoms with Crippen molar-refractivity contribution in [2.24, 2.45) is 11.7 Å². The maximum Gasteiger partial charge on any atom is 0.336 e. The largest absolute Gasteiger partial charge is 0.478 e. The molecular formula is C15H20N2O3. The molecule has 1 atom stereocenters. The molecule has 0 spiro atoms. The van der Waals surface area contributed by atoms with E-state index in [-0.39, 0.29) is 17.4 Å². The van der Waals surface area contributed by atoms with E-state index in [1.54, 1.807) is 23.1 Å². The highest BCUT2D eigenvalue weighted by Gasteiger charge is 2.29. The predicted molar refractivity (Wildman–Crippen MR) is 76.9 cm³/mol. The van der Waals surface area contributed by atoms with E-state index in [1.807, 2.05) is 13.8 Å². The number of benzene rings is 1. The summed E-state index contributed by atoms with van der Waals surface area (Å²) in [4.78, 5) is 25.3. The summed E-state index contributed by atoms with van der Waals surface area (Å²) in [6.07, 6.45) is 1.44. The molecule has 0 saturated heterocycles. The number of nitrogens with two attached hydrogens (primary N) is 1. The maximum absolute atomic E-state index is 12.4. The molecule has 5 nitrogen and oxygen atoms in total. The molecule has 0 radical (unpaired) electrons. The van der Waals surface area contributed by atoms with Gasteiger partial charge in [0, 0.05) is 12.2 Å². The van der Waals surface area contributed by atoms with Crippen molar-refractivity contribution in [1.29, 1.82) is 0 Å². The summed E-state index contributed by atoms with van der Waals surface area (Å²) in [5.41, 5.74) is 7.64. The minimum absolute atomic E-state index is 0.0514. The first-order chi connectivity index (χ1) is 9.43. The Kier molecular flexibility index (Phi) is 4.09. The van der Waals surface area contributed by atoms with Crippen molar-refractivity contribution in [3.05, 3.63) is 29.3 Å². The summed E-state index contributed by atoms with van der Waals surface area (Å²) in [6, 6.07) is 4.49. The molecule has 1 aromatic rings. The summed E-state index contributed by atoms with van der Waals surface area (Å²) in [5.74, 6) is -1.04. The monoisotopic (exact) mass is 276 g/mol. The molecule has 0 aromatic heterocycles. The molecule has 1 heterocycles. The van der Waals surface area contributed by atoms with Crippen molar-refractivity contribution in [2.75, 3.05) is 11.4 Å². The number of nitrogens with zero attached hydrogens (tertiary/aromatic N) is 1. The molecule has 1 aliphatic heterocycles. The summed E-state index contributed by atoms with van der Waals surface area (Å²) >= 11 is 0. The van der Waals surface area contributed by atoms with Gasteiger partial charge in [-0.05, 0) is 36.5 Å². The van der Waals surface area contributed by atoms with E-state index in [4.69, 9.17) is 5.73 Å². The van der Waals surface area contributed by atoms with Gasteiger partial charge in [0.05, 0.1) is 11.6 Å². The van der Waals surface area contributed by atoms with Crippen LogP contribution in [0.4, 0.5) is 5.69 Å². The number of amides is 1. The molecule has 2 rings (SSSR count). The number of aromatic carboxylic acids is 1. The third kappa shape index (κ3) is 2.54. The number of carboxylic acids is 1. The molecule has 20 heavy (non-hydrogen) atoms. The predicted octanol–water partition coefficient (Wildman–Crippen LogP) is 1.65. The minimum atomic E-state index is -0.954. The van der Waals surface area contributed by atoms with E-state index in [2.05, 4.69) is 0 Å². The fourth-order valence-electron chi connectivity index (χ4n) is 2.52. The molecule has 1 aliphatic rings. The van der Waals surface area contributed by atoms with Crippen LogP contribution in [0.1, 0.15) is 36.2 Å². The van der Waals surface area contributed by atoms with E-state index in [1.165, 1.54) is 0 Å². The Hall–Kier alpha value is -1.88. The molecular weight excluding hydrogens is 256 g/mol. The van der Waals surface area contributed by atoms with Crippen LogP contribution in [0.3, 0.4) is 0 Å². The Balaban J connectivity index is 2.41. The van der Waals surface area contributed by atoms with Gasteiger partial charge in [-0.25, -0.2) is 4.79 Å². The van der Waals surface area contributed by atoms with Crippen LogP contribution in [0.25, 0.3) is 0 Å². The van der Waals surface area contributed by atoms with Crippen LogP contribution < -0.4 is 10.6 Å². The Bertz CT molecular complexity index is 540. The smallest absolute Gasteiger partial charge is 0.336 e. The Morgan fingerprint density at radius 3 is 2.65 bits per heavy atom. The van der Waals surface area contributed by atoms with Crippen LogP contribution in [0, 0.1) is 5.92 Å². The number of hydrogen-bond acceptors (Lipinski definition) is 3. The first kappa shape index (κ1) is 14.5. The van der Waals surface area contributed by atoms with Gasteiger partial charge in [0.1, 0.15) is 0 Å². The average molecular weight is 276 g/mol. The maximum atomic E-state index is 12.4. The third-order valence-electron chi connectivity index (χ3n) is 3.75. The lowest BCUT2D eigenvalue weighted by Crippen LogP contribution is -2.48. The van der Waals surface area contributed by atoms with Gasteiger partial charge in [-0.15, -0.1) is 0 Å². The van der Waals surface area contributed by atoms with Crippen LogP contribution in [-0.4, -0.2) is 29.6 Å². The van der Waals surface area contributed by atoms with Crippen LogP contribution in [0.2, 0.25) is 0 Å². The van der Waals surface area contributed by atoms with Gasteiger partial charge in [-0.2, -0.15) is 0 Å². The Morgan fingerprint density at radius 2 is 2.05 bits per heavy atom. The Labute approximate surface area is 118 Å². The van der Waals surface area contributed by atoms with Gasteiger partial charge < -0.3 is 15.7 Å². The van der Waals surface area contributed by atoms with E-state index in [0.29, 0.717) is 18.7 Å². The van der Waals surface area contributed by atoms with Crippen molar-refractivity contribution in [3.8, 4) is 0 Å². The number of anilines is 1. The summed E-state index contributed by atoms with van der Waals surface area (Å²) in [7, 11) is 0. The molecule has 0 aliphatic carbocycles. The topological polar surface area (TPSA) is 83.6 Å². The van der Waals surface area contributed by atoms with Gasteiger partial charge in [0.25, 0.3) is 0 Å².